The summed E-state index contributed by atoms with van der Waals surface area (Å²) >= 11 is 5.95. The summed E-state index contributed by atoms with van der Waals surface area (Å²) in [6.07, 6.45) is 0.416. The molecule has 1 atom stereocenters. The molecule has 0 aromatic heterocycles. The lowest BCUT2D eigenvalue weighted by Gasteiger charge is -2.30. The minimum absolute atomic E-state index is 0.0332. The second-order valence-electron chi connectivity index (χ2n) is 6.66. The van der Waals surface area contributed by atoms with Crippen molar-refractivity contribution in [3.63, 3.8) is 0 Å². The average Bonchev–Trinajstić information content (AvgIpc) is 2.90. The quantitative estimate of drug-likeness (QED) is 0.509. The number of non-ortho nitro benzene ring substituents is 1. The lowest BCUT2D eigenvalue weighted by atomic mass is 10.1. The monoisotopic (exact) mass is 404 g/mol. The molecule has 1 aliphatic heterocycles. The first-order valence-corrected chi connectivity index (χ1v) is 10.4. The van der Waals surface area contributed by atoms with Gasteiger partial charge in [0, 0.05) is 24.7 Å². The zero-order chi connectivity index (χ0) is 19.5. The van der Waals surface area contributed by atoms with Gasteiger partial charge in [-0.25, -0.2) is 8.42 Å². The minimum atomic E-state index is -3.12. The van der Waals surface area contributed by atoms with E-state index in [9.17, 15) is 23.3 Å². The number of hydrogen-bond donors (Lipinski definition) is 0. The van der Waals surface area contributed by atoms with E-state index in [0.717, 1.165) is 6.07 Å². The molecular formula is C16H21ClN2O6S. The fourth-order valence-corrected chi connectivity index (χ4v) is 4.77. The van der Waals surface area contributed by atoms with Gasteiger partial charge >= 0.3 is 0 Å². The standard InChI is InChI=1S/C16H21ClN2O6S/c1-11(2)8-18(13-5-6-26(23,24)10-13)16(20)9-25-15-4-3-12(19(21)22)7-14(15)17/h3-4,7,11,13H,5-6,8-10H2,1-2H3. The molecule has 1 fully saturated rings. The number of carbonyl (C=O) groups excluding carboxylic acids is 1. The van der Waals surface area contributed by atoms with Crippen molar-refractivity contribution in [3.8, 4) is 5.75 Å². The number of benzene rings is 1. The van der Waals surface area contributed by atoms with Crippen LogP contribution in [0.15, 0.2) is 18.2 Å². The molecule has 1 aliphatic rings. The molecule has 144 valence electrons. The van der Waals surface area contributed by atoms with Crippen LogP contribution in [0.2, 0.25) is 5.02 Å². The Labute approximate surface area is 157 Å². The van der Waals surface area contributed by atoms with Crippen molar-refractivity contribution in [1.29, 1.82) is 0 Å². The highest BCUT2D eigenvalue weighted by atomic mass is 35.5. The number of ether oxygens (including phenoxy) is 1. The molecule has 10 heteroatoms. The third kappa shape index (κ3) is 5.31. The van der Waals surface area contributed by atoms with Crippen molar-refractivity contribution in [1.82, 2.24) is 4.90 Å². The van der Waals surface area contributed by atoms with Crippen LogP contribution in [-0.2, 0) is 14.6 Å². The van der Waals surface area contributed by atoms with Gasteiger partial charge in [-0.1, -0.05) is 25.4 Å². The number of hydrogen-bond acceptors (Lipinski definition) is 6. The molecule has 0 bridgehead atoms. The topological polar surface area (TPSA) is 107 Å². The highest BCUT2D eigenvalue weighted by Crippen LogP contribution is 2.29. The van der Waals surface area contributed by atoms with Crippen molar-refractivity contribution in [2.75, 3.05) is 24.7 Å². The summed E-state index contributed by atoms with van der Waals surface area (Å²) in [5.41, 5.74) is -0.175. The molecule has 1 saturated heterocycles. The molecule has 1 unspecified atom stereocenters. The average molecular weight is 405 g/mol. The summed E-state index contributed by atoms with van der Waals surface area (Å²) in [6.45, 7) is 3.99. The van der Waals surface area contributed by atoms with E-state index < -0.39 is 14.8 Å². The molecule has 8 nitrogen and oxygen atoms in total. The molecule has 0 aliphatic carbocycles. The lowest BCUT2D eigenvalue weighted by Crippen LogP contribution is -2.45. The van der Waals surface area contributed by atoms with E-state index in [4.69, 9.17) is 16.3 Å². The number of nitro benzene ring substituents is 1. The van der Waals surface area contributed by atoms with Crippen LogP contribution in [-0.4, -0.2) is 54.8 Å². The molecule has 0 radical (unpaired) electrons. The van der Waals surface area contributed by atoms with E-state index in [1.165, 1.54) is 12.1 Å². The second kappa shape index (κ2) is 8.22. The van der Waals surface area contributed by atoms with Crippen LogP contribution in [0, 0.1) is 16.0 Å². The molecule has 2 rings (SSSR count). The first-order chi connectivity index (χ1) is 12.1. The fraction of sp³-hybridized carbons (Fsp3) is 0.562. The van der Waals surface area contributed by atoms with Gasteiger partial charge in [0.1, 0.15) is 5.75 Å². The maximum atomic E-state index is 12.6. The van der Waals surface area contributed by atoms with Gasteiger partial charge in [0.25, 0.3) is 11.6 Å². The van der Waals surface area contributed by atoms with Gasteiger partial charge in [-0.15, -0.1) is 0 Å². The van der Waals surface area contributed by atoms with Crippen LogP contribution in [0.3, 0.4) is 0 Å². The molecule has 1 aromatic rings. The highest BCUT2D eigenvalue weighted by molar-refractivity contribution is 7.91. The molecule has 1 aromatic carbocycles. The normalized spacial score (nSPS) is 18.7. The smallest absolute Gasteiger partial charge is 0.271 e. The third-order valence-corrected chi connectivity index (χ3v) is 6.05. The number of sulfone groups is 1. The first-order valence-electron chi connectivity index (χ1n) is 8.15. The Hall–Kier alpha value is -1.87. The molecule has 0 spiro atoms. The number of nitro groups is 1. The SMILES string of the molecule is CC(C)CN(C(=O)COc1ccc([N+](=O)[O-])cc1Cl)C1CCS(=O)(=O)C1. The Morgan fingerprint density at radius 2 is 2.15 bits per heavy atom. The van der Waals surface area contributed by atoms with Gasteiger partial charge in [0.05, 0.1) is 21.5 Å². The first kappa shape index (κ1) is 20.4. The van der Waals surface area contributed by atoms with Crippen molar-refractivity contribution >= 4 is 33.0 Å². The zero-order valence-corrected chi connectivity index (χ0v) is 16.1. The summed E-state index contributed by atoms with van der Waals surface area (Å²) in [6, 6.07) is 3.36. The Morgan fingerprint density at radius 1 is 1.46 bits per heavy atom. The van der Waals surface area contributed by atoms with Gasteiger partial charge in [0.15, 0.2) is 16.4 Å². The van der Waals surface area contributed by atoms with Gasteiger partial charge in [-0.05, 0) is 18.4 Å². The molecular weight excluding hydrogens is 384 g/mol. The van der Waals surface area contributed by atoms with Crippen LogP contribution in [0.1, 0.15) is 20.3 Å². The van der Waals surface area contributed by atoms with E-state index in [1.807, 2.05) is 13.8 Å². The Bertz CT molecular complexity index is 796. The van der Waals surface area contributed by atoms with Gasteiger partial charge < -0.3 is 9.64 Å². The van der Waals surface area contributed by atoms with Crippen LogP contribution in [0.5, 0.6) is 5.75 Å². The van der Waals surface area contributed by atoms with Gasteiger partial charge in [0.2, 0.25) is 0 Å². The van der Waals surface area contributed by atoms with Crippen molar-refractivity contribution in [2.45, 2.75) is 26.3 Å². The van der Waals surface area contributed by atoms with Crippen LogP contribution in [0.25, 0.3) is 0 Å². The Balaban J connectivity index is 2.06. The van der Waals surface area contributed by atoms with Gasteiger partial charge in [-0.3, -0.25) is 14.9 Å². The number of nitrogens with zero attached hydrogens (tertiary/aromatic N) is 2. The van der Waals surface area contributed by atoms with E-state index in [0.29, 0.717) is 13.0 Å². The third-order valence-electron chi connectivity index (χ3n) is 4.01. The predicted molar refractivity (Wildman–Crippen MR) is 97.2 cm³/mol. The summed E-state index contributed by atoms with van der Waals surface area (Å²) in [4.78, 5) is 24.3. The summed E-state index contributed by atoms with van der Waals surface area (Å²) in [5, 5.41) is 10.8. The van der Waals surface area contributed by atoms with Crippen molar-refractivity contribution in [3.05, 3.63) is 33.3 Å². The maximum absolute atomic E-state index is 12.6. The Kier molecular flexibility index (Phi) is 6.46. The van der Waals surface area contributed by atoms with Crippen molar-refractivity contribution in [2.24, 2.45) is 5.92 Å². The molecule has 0 N–H and O–H groups in total. The van der Waals surface area contributed by atoms with Crippen LogP contribution < -0.4 is 4.74 Å². The molecule has 1 amide bonds. The lowest BCUT2D eigenvalue weighted by molar-refractivity contribution is -0.384. The van der Waals surface area contributed by atoms with Crippen LogP contribution >= 0.6 is 11.6 Å². The van der Waals surface area contributed by atoms with E-state index in [-0.39, 0.29) is 52.4 Å². The zero-order valence-electron chi connectivity index (χ0n) is 14.6. The highest BCUT2D eigenvalue weighted by Gasteiger charge is 2.35. The minimum Gasteiger partial charge on any atom is -0.482 e. The molecule has 0 saturated carbocycles. The van der Waals surface area contributed by atoms with Gasteiger partial charge in [-0.2, -0.15) is 0 Å². The molecule has 1 heterocycles. The number of halogens is 1. The van der Waals surface area contributed by atoms with E-state index >= 15 is 0 Å². The molecule has 26 heavy (non-hydrogen) atoms. The summed E-state index contributed by atoms with van der Waals surface area (Å²) in [5.74, 6) is 0.0350. The van der Waals surface area contributed by atoms with E-state index in [1.54, 1.807) is 4.90 Å². The Morgan fingerprint density at radius 3 is 2.65 bits per heavy atom. The largest absolute Gasteiger partial charge is 0.482 e. The summed E-state index contributed by atoms with van der Waals surface area (Å²) < 4.78 is 28.9. The fourth-order valence-electron chi connectivity index (χ4n) is 2.81. The second-order valence-corrected chi connectivity index (χ2v) is 9.29. The number of carbonyl (C=O) groups is 1. The van der Waals surface area contributed by atoms with Crippen molar-refractivity contribution < 1.29 is 22.9 Å². The van der Waals surface area contributed by atoms with E-state index in [2.05, 4.69) is 0 Å². The van der Waals surface area contributed by atoms with Crippen LogP contribution in [0.4, 0.5) is 5.69 Å². The number of amides is 1. The maximum Gasteiger partial charge on any atom is 0.271 e. The summed E-state index contributed by atoms with van der Waals surface area (Å²) in [7, 11) is -3.12. The predicted octanol–water partition coefficient (Wildman–Crippen LogP) is 2.30. The number of rotatable bonds is 7.